The molecule has 0 saturated heterocycles. The van der Waals surface area contributed by atoms with Crippen LogP contribution in [0.25, 0.3) is 0 Å². The summed E-state index contributed by atoms with van der Waals surface area (Å²) in [5.74, 6) is 0. The predicted octanol–water partition coefficient (Wildman–Crippen LogP) is -0.737. The minimum Gasteiger partial charge on any atom is -1.00 e. The van der Waals surface area contributed by atoms with Crippen LogP contribution in [0.3, 0.4) is 0 Å². The van der Waals surface area contributed by atoms with Gasteiger partial charge in [0, 0.05) is 13.3 Å². The zero-order valence-electron chi connectivity index (χ0n) is 6.38. The Kier molecular flexibility index (Phi) is 5.31. The third-order valence-corrected chi connectivity index (χ3v) is 4.50. The average Bonchev–Trinajstić information content (AvgIpc) is 1.31. The van der Waals surface area contributed by atoms with Gasteiger partial charge in [0.05, 0.1) is 5.16 Å². The fraction of sp³-hybridized carbons (Fsp3) is 1.00. The van der Waals surface area contributed by atoms with Crippen molar-refractivity contribution >= 4 is 7.92 Å². The lowest BCUT2D eigenvalue weighted by atomic mass is 10.3. The molecule has 0 bridgehead atoms. The van der Waals surface area contributed by atoms with Crippen LogP contribution in [0.1, 0.15) is 20.8 Å². The summed E-state index contributed by atoms with van der Waals surface area (Å²) in [6.45, 7) is 11.6. The van der Waals surface area contributed by atoms with Gasteiger partial charge in [0.25, 0.3) is 0 Å². The van der Waals surface area contributed by atoms with E-state index in [-0.39, 0.29) is 20.3 Å². The van der Waals surface area contributed by atoms with Gasteiger partial charge < -0.3 is 12.4 Å². The van der Waals surface area contributed by atoms with Crippen LogP contribution >= 0.6 is 7.92 Å². The molecule has 0 nitrogen and oxygen atoms in total. The van der Waals surface area contributed by atoms with Gasteiger partial charge in [-0.2, -0.15) is 0 Å². The molecule has 0 aromatic rings. The zero-order chi connectivity index (χ0) is 6.08. The maximum absolute atomic E-state index is 2.35. The molecule has 0 N–H and O–H groups in total. The van der Waals surface area contributed by atoms with E-state index >= 15 is 0 Å². The van der Waals surface area contributed by atoms with Crippen molar-refractivity contribution in [1.29, 1.82) is 0 Å². The van der Waals surface area contributed by atoms with Gasteiger partial charge in [-0.05, 0) is 28.7 Å². The standard InChI is InChI=1S/C6H15P.ClH/c1-6(2,3)7(4)5;/h1-5H3;1H. The average molecular weight is 155 g/mol. The van der Waals surface area contributed by atoms with Crippen LogP contribution < -0.4 is 12.4 Å². The first kappa shape index (κ1) is 11.5. The molecule has 0 rings (SSSR count). The Hall–Kier alpha value is 0.720. The number of hydrogen-bond donors (Lipinski definition) is 0. The second-order valence-electron chi connectivity index (χ2n) is 3.25. The van der Waals surface area contributed by atoms with E-state index in [0.717, 1.165) is 0 Å². The van der Waals surface area contributed by atoms with Gasteiger partial charge in [-0.3, -0.25) is 0 Å². The van der Waals surface area contributed by atoms with Crippen molar-refractivity contribution in [1.82, 2.24) is 0 Å². The van der Waals surface area contributed by atoms with Gasteiger partial charge in [0.2, 0.25) is 0 Å². The van der Waals surface area contributed by atoms with Crippen molar-refractivity contribution in [2.75, 3.05) is 13.3 Å². The summed E-state index contributed by atoms with van der Waals surface area (Å²) in [6.07, 6.45) is 0. The molecule has 0 heterocycles. The molecule has 0 aliphatic rings. The summed E-state index contributed by atoms with van der Waals surface area (Å²) in [5.41, 5.74) is 0. The molecule has 0 fully saturated rings. The molecular formula is C6H16ClP. The molecule has 8 heavy (non-hydrogen) atoms. The normalized spacial score (nSPS) is 11.2. The van der Waals surface area contributed by atoms with Crippen molar-refractivity contribution in [3.05, 3.63) is 0 Å². The molecule has 52 valence electrons. The minimum absolute atomic E-state index is 0. The Balaban J connectivity index is 0. The molecule has 2 heteroatoms. The summed E-state index contributed by atoms with van der Waals surface area (Å²) < 4.78 is 0. The quantitative estimate of drug-likeness (QED) is 0.404. The highest BCUT2D eigenvalue weighted by Gasteiger charge is 2.20. The number of hydrogen-bond acceptors (Lipinski definition) is 0. The first-order valence-electron chi connectivity index (χ1n) is 2.75. The molecule has 0 atom stereocenters. The zero-order valence-corrected chi connectivity index (χ0v) is 8.13. The third kappa shape index (κ3) is 4.87. The highest BCUT2D eigenvalue weighted by molar-refractivity contribution is 7.57. The van der Waals surface area contributed by atoms with Gasteiger partial charge in [-0.15, -0.1) is 0 Å². The third-order valence-electron chi connectivity index (χ3n) is 1.50. The van der Waals surface area contributed by atoms with Gasteiger partial charge in [-0.1, -0.05) is 0 Å². The first-order valence-corrected chi connectivity index (χ1v) is 5.25. The van der Waals surface area contributed by atoms with Crippen molar-refractivity contribution in [2.24, 2.45) is 0 Å². The molecule has 0 unspecified atom stereocenters. The lowest BCUT2D eigenvalue weighted by molar-refractivity contribution is -0.00000198. The Labute approximate surface area is 60.2 Å². The largest absolute Gasteiger partial charge is 1.00 e. The SMILES string of the molecule is C[PH+](C)C(C)(C)C.[Cl-]. The van der Waals surface area contributed by atoms with Crippen molar-refractivity contribution in [3.8, 4) is 0 Å². The highest BCUT2D eigenvalue weighted by atomic mass is 35.5. The molecule has 0 spiro atoms. The summed E-state index contributed by atoms with van der Waals surface area (Å²) in [5, 5.41) is 0.602. The Bertz CT molecular complexity index is 54.0. The van der Waals surface area contributed by atoms with E-state index in [1.54, 1.807) is 0 Å². The molecule has 0 aliphatic carbocycles. The molecule has 0 saturated carbocycles. The lowest BCUT2D eigenvalue weighted by Gasteiger charge is -2.15. The lowest BCUT2D eigenvalue weighted by Crippen LogP contribution is -3.00. The van der Waals surface area contributed by atoms with Crippen molar-refractivity contribution in [3.63, 3.8) is 0 Å². The van der Waals surface area contributed by atoms with Crippen LogP contribution in [-0.2, 0) is 0 Å². The second-order valence-corrected chi connectivity index (χ2v) is 6.75. The van der Waals surface area contributed by atoms with Crippen molar-refractivity contribution in [2.45, 2.75) is 25.9 Å². The highest BCUT2D eigenvalue weighted by Crippen LogP contribution is 2.41. The summed E-state index contributed by atoms with van der Waals surface area (Å²) in [6, 6.07) is 0. The van der Waals surface area contributed by atoms with Crippen LogP contribution in [0.4, 0.5) is 0 Å². The summed E-state index contributed by atoms with van der Waals surface area (Å²) >= 11 is 0. The minimum atomic E-state index is -0.0502. The van der Waals surface area contributed by atoms with Gasteiger partial charge in [0.1, 0.15) is 0 Å². The van der Waals surface area contributed by atoms with Gasteiger partial charge in [0.15, 0.2) is 0 Å². The Morgan fingerprint density at radius 1 is 1.00 bits per heavy atom. The molecule has 0 aliphatic heterocycles. The Morgan fingerprint density at radius 3 is 1.12 bits per heavy atom. The van der Waals surface area contributed by atoms with Crippen LogP contribution in [0.2, 0.25) is 0 Å². The van der Waals surface area contributed by atoms with Gasteiger partial charge >= 0.3 is 0 Å². The second kappa shape index (κ2) is 3.69. The van der Waals surface area contributed by atoms with Crippen LogP contribution in [0.15, 0.2) is 0 Å². The van der Waals surface area contributed by atoms with E-state index in [2.05, 4.69) is 34.1 Å². The number of halogens is 1. The summed E-state index contributed by atoms with van der Waals surface area (Å²) in [7, 11) is -0.0502. The molecule has 0 aromatic carbocycles. The van der Waals surface area contributed by atoms with Crippen LogP contribution in [-0.4, -0.2) is 18.5 Å². The van der Waals surface area contributed by atoms with Crippen molar-refractivity contribution < 1.29 is 12.4 Å². The topological polar surface area (TPSA) is 0 Å². The Morgan fingerprint density at radius 2 is 1.12 bits per heavy atom. The smallest absolute Gasteiger partial charge is 0.0687 e. The van der Waals surface area contributed by atoms with E-state index in [0.29, 0.717) is 5.16 Å². The fourth-order valence-electron chi connectivity index (χ4n) is 0. The van der Waals surface area contributed by atoms with E-state index in [1.807, 2.05) is 0 Å². The van der Waals surface area contributed by atoms with E-state index in [1.165, 1.54) is 0 Å². The van der Waals surface area contributed by atoms with Gasteiger partial charge in [-0.25, -0.2) is 0 Å². The van der Waals surface area contributed by atoms with E-state index < -0.39 is 0 Å². The van der Waals surface area contributed by atoms with Crippen LogP contribution in [0, 0.1) is 0 Å². The number of rotatable bonds is 0. The van der Waals surface area contributed by atoms with E-state index in [9.17, 15) is 0 Å². The summed E-state index contributed by atoms with van der Waals surface area (Å²) in [4.78, 5) is 0. The molecule has 0 radical (unpaired) electrons. The predicted molar refractivity (Wildman–Crippen MR) is 39.9 cm³/mol. The van der Waals surface area contributed by atoms with E-state index in [4.69, 9.17) is 0 Å². The molecule has 0 aromatic heterocycles. The monoisotopic (exact) mass is 154 g/mol. The first-order chi connectivity index (χ1) is 2.94. The molecular weight excluding hydrogens is 138 g/mol. The maximum Gasteiger partial charge on any atom is 0.0687 e. The van der Waals surface area contributed by atoms with Crippen LogP contribution in [0.5, 0.6) is 0 Å². The maximum atomic E-state index is 2.35. The fourth-order valence-corrected chi connectivity index (χ4v) is 0. The molecule has 0 amide bonds.